The zero-order valence-corrected chi connectivity index (χ0v) is 46.6. The number of unbranched alkanes of at least 4 members (excludes halogenated alkanes) is 42. The SMILES string of the molecule is CCCCC/C=C\C/C=C\CCCCCCCCCC(=O)OC[C@H](COC(=O)CCCCCCCCCCCCCCC)OC(=O)CCCCCCCCCCCCCCCCCCCCCCC. The minimum absolute atomic E-state index is 0.0679. The summed E-state index contributed by atoms with van der Waals surface area (Å²) in [6.07, 6.45) is 68.9. The van der Waals surface area contributed by atoms with Gasteiger partial charge < -0.3 is 14.2 Å². The van der Waals surface area contributed by atoms with Gasteiger partial charge in [0.05, 0.1) is 0 Å². The molecular weight excluding hydrogens is 853 g/mol. The second-order valence-electron chi connectivity index (χ2n) is 21.0. The summed E-state index contributed by atoms with van der Waals surface area (Å²) in [4.78, 5) is 38.2. The number of allylic oxidation sites excluding steroid dienone is 4. The zero-order chi connectivity index (χ0) is 50.0. The van der Waals surface area contributed by atoms with Crippen LogP contribution >= 0.6 is 0 Å². The van der Waals surface area contributed by atoms with Crippen molar-refractivity contribution in [3.8, 4) is 0 Å². The Morgan fingerprint density at radius 3 is 0.826 bits per heavy atom. The van der Waals surface area contributed by atoms with Gasteiger partial charge in [0, 0.05) is 19.3 Å². The molecule has 1 atom stereocenters. The van der Waals surface area contributed by atoms with Gasteiger partial charge >= 0.3 is 17.9 Å². The third kappa shape index (κ3) is 56.7. The van der Waals surface area contributed by atoms with Gasteiger partial charge in [-0.1, -0.05) is 295 Å². The topological polar surface area (TPSA) is 78.9 Å². The smallest absolute Gasteiger partial charge is 0.306 e. The minimum atomic E-state index is -0.770. The largest absolute Gasteiger partial charge is 0.462 e. The average Bonchev–Trinajstić information content (AvgIpc) is 3.35. The molecule has 0 saturated carbocycles. The van der Waals surface area contributed by atoms with Crippen LogP contribution in [0.4, 0.5) is 0 Å². The van der Waals surface area contributed by atoms with Gasteiger partial charge in [-0.3, -0.25) is 14.4 Å². The molecule has 406 valence electrons. The highest BCUT2D eigenvalue weighted by Crippen LogP contribution is 2.18. The molecule has 0 aromatic rings. The molecule has 0 fully saturated rings. The maximum absolute atomic E-state index is 12.9. The van der Waals surface area contributed by atoms with Gasteiger partial charge in [-0.15, -0.1) is 0 Å². The summed E-state index contributed by atoms with van der Waals surface area (Å²) in [7, 11) is 0. The molecule has 69 heavy (non-hydrogen) atoms. The molecule has 0 unspecified atom stereocenters. The van der Waals surface area contributed by atoms with E-state index in [0.29, 0.717) is 19.3 Å². The molecule has 6 heteroatoms. The molecule has 0 radical (unpaired) electrons. The summed E-state index contributed by atoms with van der Waals surface area (Å²) in [6.45, 7) is 6.67. The Labute approximate surface area is 430 Å². The summed E-state index contributed by atoms with van der Waals surface area (Å²) < 4.78 is 16.9. The quantitative estimate of drug-likeness (QED) is 0.0261. The average molecular weight is 972 g/mol. The first-order valence-corrected chi connectivity index (χ1v) is 30.8. The second-order valence-corrected chi connectivity index (χ2v) is 21.0. The lowest BCUT2D eigenvalue weighted by Gasteiger charge is -2.18. The van der Waals surface area contributed by atoms with E-state index in [2.05, 4.69) is 45.1 Å². The van der Waals surface area contributed by atoms with Crippen molar-refractivity contribution >= 4 is 17.9 Å². The number of rotatable bonds is 57. The van der Waals surface area contributed by atoms with Gasteiger partial charge in [0.25, 0.3) is 0 Å². The third-order valence-corrected chi connectivity index (χ3v) is 14.0. The molecular formula is C63H118O6. The highest BCUT2D eigenvalue weighted by atomic mass is 16.6. The van der Waals surface area contributed by atoms with Crippen molar-refractivity contribution in [1.82, 2.24) is 0 Å². The fourth-order valence-electron chi connectivity index (χ4n) is 9.30. The highest BCUT2D eigenvalue weighted by molar-refractivity contribution is 5.71. The van der Waals surface area contributed by atoms with E-state index in [1.165, 1.54) is 231 Å². The van der Waals surface area contributed by atoms with Crippen molar-refractivity contribution in [2.24, 2.45) is 0 Å². The van der Waals surface area contributed by atoms with E-state index >= 15 is 0 Å². The van der Waals surface area contributed by atoms with Crippen LogP contribution < -0.4 is 0 Å². The maximum atomic E-state index is 12.9. The van der Waals surface area contributed by atoms with Crippen molar-refractivity contribution in [3.63, 3.8) is 0 Å². The zero-order valence-electron chi connectivity index (χ0n) is 46.6. The second kappa shape index (κ2) is 58.5. The summed E-state index contributed by atoms with van der Waals surface area (Å²) >= 11 is 0. The normalized spacial score (nSPS) is 12.1. The first-order valence-electron chi connectivity index (χ1n) is 30.8. The molecule has 0 aliphatic heterocycles. The Bertz CT molecular complexity index is 1110. The predicted octanol–water partition coefficient (Wildman–Crippen LogP) is 20.7. The van der Waals surface area contributed by atoms with E-state index in [1.807, 2.05) is 0 Å². The standard InChI is InChI=1S/C63H118O6/c1-4-7-10-13-16-19-22-25-27-29-30-31-32-34-36-39-42-45-48-51-54-57-63(66)69-60(58-67-61(64)55-52-49-46-43-40-37-24-21-18-15-12-9-6-3)59-68-62(65)56-53-50-47-44-41-38-35-33-28-26-23-20-17-14-11-8-5-2/h17,20,26,28,60H,4-16,18-19,21-25,27,29-59H2,1-3H3/b20-17-,28-26-/t60-/m0/s1. The van der Waals surface area contributed by atoms with E-state index in [1.54, 1.807) is 0 Å². The van der Waals surface area contributed by atoms with Gasteiger partial charge in [0.1, 0.15) is 13.2 Å². The van der Waals surface area contributed by atoms with E-state index in [0.717, 1.165) is 70.6 Å². The first kappa shape index (κ1) is 66.9. The molecule has 0 aliphatic rings. The Balaban J connectivity index is 4.29. The van der Waals surface area contributed by atoms with Crippen LogP contribution in [-0.2, 0) is 28.6 Å². The van der Waals surface area contributed by atoms with Crippen molar-refractivity contribution < 1.29 is 28.6 Å². The maximum Gasteiger partial charge on any atom is 0.306 e. The van der Waals surface area contributed by atoms with Crippen molar-refractivity contribution in [2.75, 3.05) is 13.2 Å². The molecule has 0 aromatic heterocycles. The number of ether oxygens (including phenoxy) is 3. The van der Waals surface area contributed by atoms with Gasteiger partial charge in [-0.25, -0.2) is 0 Å². The molecule has 0 amide bonds. The van der Waals surface area contributed by atoms with Crippen LogP contribution in [0, 0.1) is 0 Å². The van der Waals surface area contributed by atoms with Gasteiger partial charge in [0.15, 0.2) is 6.10 Å². The fourth-order valence-corrected chi connectivity index (χ4v) is 9.30. The fraction of sp³-hybridized carbons (Fsp3) is 0.889. The number of carbonyl (C=O) groups excluding carboxylic acids is 3. The summed E-state index contributed by atoms with van der Waals surface area (Å²) in [6, 6.07) is 0. The van der Waals surface area contributed by atoms with Crippen molar-refractivity contribution in [2.45, 2.75) is 348 Å². The van der Waals surface area contributed by atoms with Crippen LogP contribution in [0.3, 0.4) is 0 Å². The molecule has 0 spiro atoms. The predicted molar refractivity (Wildman–Crippen MR) is 298 cm³/mol. The summed E-state index contributed by atoms with van der Waals surface area (Å²) in [5, 5.41) is 0. The number of carbonyl (C=O) groups is 3. The van der Waals surface area contributed by atoms with Crippen LogP contribution in [-0.4, -0.2) is 37.2 Å². The first-order chi connectivity index (χ1) is 34.0. The molecule has 0 aromatic carbocycles. The van der Waals surface area contributed by atoms with Crippen molar-refractivity contribution in [1.29, 1.82) is 0 Å². The van der Waals surface area contributed by atoms with E-state index < -0.39 is 6.10 Å². The van der Waals surface area contributed by atoms with E-state index in [4.69, 9.17) is 14.2 Å². The lowest BCUT2D eigenvalue weighted by molar-refractivity contribution is -0.167. The Kier molecular flexibility index (Phi) is 56.7. The monoisotopic (exact) mass is 971 g/mol. The molecule has 0 saturated heterocycles. The summed E-state index contributed by atoms with van der Waals surface area (Å²) in [5.74, 6) is -0.851. The van der Waals surface area contributed by atoms with Gasteiger partial charge in [-0.2, -0.15) is 0 Å². The Morgan fingerprint density at radius 1 is 0.290 bits per heavy atom. The van der Waals surface area contributed by atoms with Crippen LogP contribution in [0.5, 0.6) is 0 Å². The van der Waals surface area contributed by atoms with Gasteiger partial charge in [0.2, 0.25) is 0 Å². The Morgan fingerprint density at radius 2 is 0.522 bits per heavy atom. The third-order valence-electron chi connectivity index (χ3n) is 14.0. The number of hydrogen-bond acceptors (Lipinski definition) is 6. The number of esters is 3. The minimum Gasteiger partial charge on any atom is -0.462 e. The Hall–Kier alpha value is -2.11. The van der Waals surface area contributed by atoms with Crippen molar-refractivity contribution in [3.05, 3.63) is 24.3 Å². The molecule has 0 N–H and O–H groups in total. The molecule has 0 bridgehead atoms. The summed E-state index contributed by atoms with van der Waals surface area (Å²) in [5.41, 5.74) is 0. The number of hydrogen-bond donors (Lipinski definition) is 0. The highest BCUT2D eigenvalue weighted by Gasteiger charge is 2.19. The lowest BCUT2D eigenvalue weighted by atomic mass is 10.0. The van der Waals surface area contributed by atoms with Crippen LogP contribution in [0.25, 0.3) is 0 Å². The lowest BCUT2D eigenvalue weighted by Crippen LogP contribution is -2.30. The van der Waals surface area contributed by atoms with E-state index in [9.17, 15) is 14.4 Å². The molecule has 0 aliphatic carbocycles. The van der Waals surface area contributed by atoms with Crippen LogP contribution in [0.15, 0.2) is 24.3 Å². The molecule has 6 nitrogen and oxygen atoms in total. The van der Waals surface area contributed by atoms with E-state index in [-0.39, 0.29) is 31.1 Å². The molecule has 0 heterocycles. The van der Waals surface area contributed by atoms with Crippen LogP contribution in [0.2, 0.25) is 0 Å². The van der Waals surface area contributed by atoms with Gasteiger partial charge in [-0.05, 0) is 51.4 Å². The van der Waals surface area contributed by atoms with Crippen LogP contribution in [0.1, 0.15) is 342 Å². The molecule has 0 rings (SSSR count).